The third-order valence-electron chi connectivity index (χ3n) is 2.97. The Labute approximate surface area is 116 Å². The van der Waals surface area contributed by atoms with Crippen LogP contribution in [0.2, 0.25) is 0 Å². The molecule has 0 unspecified atom stereocenters. The van der Waals surface area contributed by atoms with E-state index in [1.165, 1.54) is 30.2 Å². The van der Waals surface area contributed by atoms with Crippen LogP contribution < -0.4 is 15.4 Å². The molecule has 0 fully saturated rings. The Bertz CT molecular complexity index is 644. The maximum absolute atomic E-state index is 13.7. The number of halogens is 1. The van der Waals surface area contributed by atoms with Crippen molar-refractivity contribution in [3.63, 3.8) is 0 Å². The summed E-state index contributed by atoms with van der Waals surface area (Å²) < 4.78 is 18.9. The maximum atomic E-state index is 13.7. The largest absolute Gasteiger partial charge is 0.495 e. The monoisotopic (exact) mass is 274 g/mol. The SMILES string of the molecule is COc1ccccc1N(C)C(=O)c1cc(N)ccc1F. The Morgan fingerprint density at radius 2 is 1.95 bits per heavy atom. The number of hydrogen-bond acceptors (Lipinski definition) is 3. The standard InChI is InChI=1S/C15H15FN2O2/c1-18(13-5-3-4-6-14(13)20-2)15(19)11-9-10(17)7-8-12(11)16/h3-9H,17H2,1-2H3. The maximum Gasteiger partial charge on any atom is 0.261 e. The van der Waals surface area contributed by atoms with Gasteiger partial charge in [-0.2, -0.15) is 0 Å². The molecule has 2 aromatic carbocycles. The number of para-hydroxylation sites is 2. The minimum Gasteiger partial charge on any atom is -0.495 e. The molecule has 0 aliphatic heterocycles. The molecule has 0 atom stereocenters. The number of rotatable bonds is 3. The van der Waals surface area contributed by atoms with Crippen LogP contribution in [0.15, 0.2) is 42.5 Å². The third-order valence-corrected chi connectivity index (χ3v) is 2.97. The van der Waals surface area contributed by atoms with Crippen LogP contribution in [0.4, 0.5) is 15.8 Å². The van der Waals surface area contributed by atoms with E-state index in [-0.39, 0.29) is 5.56 Å². The first-order valence-electron chi connectivity index (χ1n) is 6.00. The van der Waals surface area contributed by atoms with Crippen molar-refractivity contribution in [2.75, 3.05) is 24.8 Å². The first kappa shape index (κ1) is 13.9. The summed E-state index contributed by atoms with van der Waals surface area (Å²) >= 11 is 0. The van der Waals surface area contributed by atoms with Crippen molar-refractivity contribution < 1.29 is 13.9 Å². The van der Waals surface area contributed by atoms with E-state index < -0.39 is 11.7 Å². The smallest absolute Gasteiger partial charge is 0.261 e. The summed E-state index contributed by atoms with van der Waals surface area (Å²) in [5.41, 5.74) is 6.42. The highest BCUT2D eigenvalue weighted by Crippen LogP contribution is 2.28. The van der Waals surface area contributed by atoms with E-state index in [4.69, 9.17) is 10.5 Å². The lowest BCUT2D eigenvalue weighted by molar-refractivity contribution is 0.0988. The highest BCUT2D eigenvalue weighted by molar-refractivity contribution is 6.07. The zero-order chi connectivity index (χ0) is 14.7. The number of carbonyl (C=O) groups excluding carboxylic acids is 1. The normalized spacial score (nSPS) is 10.2. The van der Waals surface area contributed by atoms with Crippen LogP contribution in [-0.2, 0) is 0 Å². The Morgan fingerprint density at radius 3 is 2.65 bits per heavy atom. The second-order valence-electron chi connectivity index (χ2n) is 4.28. The summed E-state index contributed by atoms with van der Waals surface area (Å²) in [6, 6.07) is 10.9. The molecule has 4 nitrogen and oxygen atoms in total. The van der Waals surface area contributed by atoms with Gasteiger partial charge in [-0.05, 0) is 30.3 Å². The first-order chi connectivity index (χ1) is 9.54. The molecule has 2 N–H and O–H groups in total. The summed E-state index contributed by atoms with van der Waals surface area (Å²) in [4.78, 5) is 13.7. The molecular formula is C15H15FN2O2. The second-order valence-corrected chi connectivity index (χ2v) is 4.28. The molecular weight excluding hydrogens is 259 g/mol. The number of nitrogen functional groups attached to an aromatic ring is 1. The molecule has 0 bridgehead atoms. The van der Waals surface area contributed by atoms with Crippen LogP contribution in [0.3, 0.4) is 0 Å². The van der Waals surface area contributed by atoms with Gasteiger partial charge < -0.3 is 15.4 Å². The summed E-state index contributed by atoms with van der Waals surface area (Å²) in [6.45, 7) is 0. The number of hydrogen-bond donors (Lipinski definition) is 1. The number of ether oxygens (including phenoxy) is 1. The molecule has 104 valence electrons. The molecule has 0 aromatic heterocycles. The van der Waals surface area contributed by atoms with Crippen LogP contribution >= 0.6 is 0 Å². The number of nitrogens with zero attached hydrogens (tertiary/aromatic N) is 1. The average molecular weight is 274 g/mol. The van der Waals surface area contributed by atoms with Crippen molar-refractivity contribution in [1.82, 2.24) is 0 Å². The van der Waals surface area contributed by atoms with E-state index in [1.807, 2.05) is 0 Å². The van der Waals surface area contributed by atoms with Crippen molar-refractivity contribution in [2.24, 2.45) is 0 Å². The first-order valence-corrected chi connectivity index (χ1v) is 6.00. The second kappa shape index (κ2) is 5.61. The molecule has 0 radical (unpaired) electrons. The van der Waals surface area contributed by atoms with E-state index in [0.29, 0.717) is 17.1 Å². The number of amides is 1. The molecule has 0 aliphatic rings. The highest BCUT2D eigenvalue weighted by atomic mass is 19.1. The number of anilines is 2. The molecule has 0 saturated carbocycles. The Morgan fingerprint density at radius 1 is 1.25 bits per heavy atom. The number of carbonyl (C=O) groups is 1. The highest BCUT2D eigenvalue weighted by Gasteiger charge is 2.20. The van der Waals surface area contributed by atoms with Crippen molar-refractivity contribution >= 4 is 17.3 Å². The van der Waals surface area contributed by atoms with Gasteiger partial charge in [0.2, 0.25) is 0 Å². The summed E-state index contributed by atoms with van der Waals surface area (Å²) in [6.07, 6.45) is 0. The van der Waals surface area contributed by atoms with Crippen LogP contribution in [0.5, 0.6) is 5.75 Å². The fraction of sp³-hybridized carbons (Fsp3) is 0.133. The summed E-state index contributed by atoms with van der Waals surface area (Å²) in [5, 5.41) is 0. The van der Waals surface area contributed by atoms with Gasteiger partial charge in [-0.1, -0.05) is 12.1 Å². The van der Waals surface area contributed by atoms with Crippen LogP contribution in [0.25, 0.3) is 0 Å². The Hall–Kier alpha value is -2.56. The van der Waals surface area contributed by atoms with E-state index in [1.54, 1.807) is 31.3 Å². The lowest BCUT2D eigenvalue weighted by atomic mass is 10.1. The van der Waals surface area contributed by atoms with Crippen molar-refractivity contribution in [1.29, 1.82) is 0 Å². The third kappa shape index (κ3) is 2.56. The van der Waals surface area contributed by atoms with Gasteiger partial charge in [0.05, 0.1) is 18.4 Å². The van der Waals surface area contributed by atoms with Crippen LogP contribution in [0.1, 0.15) is 10.4 Å². The minimum absolute atomic E-state index is 0.0709. The van der Waals surface area contributed by atoms with Gasteiger partial charge in [0.15, 0.2) is 0 Å². The van der Waals surface area contributed by atoms with E-state index in [0.717, 1.165) is 0 Å². The molecule has 5 heteroatoms. The fourth-order valence-electron chi connectivity index (χ4n) is 1.90. The zero-order valence-corrected chi connectivity index (χ0v) is 11.3. The number of methoxy groups -OCH3 is 1. The van der Waals surface area contributed by atoms with E-state index in [2.05, 4.69) is 0 Å². The van der Waals surface area contributed by atoms with Gasteiger partial charge >= 0.3 is 0 Å². The lowest BCUT2D eigenvalue weighted by Gasteiger charge is -2.20. The topological polar surface area (TPSA) is 55.6 Å². The van der Waals surface area contributed by atoms with E-state index >= 15 is 0 Å². The minimum atomic E-state index is -0.606. The van der Waals surface area contributed by atoms with Crippen molar-refractivity contribution in [3.8, 4) is 5.75 Å². The average Bonchev–Trinajstić information content (AvgIpc) is 2.48. The number of nitrogens with two attached hydrogens (primary N) is 1. The Kier molecular flexibility index (Phi) is 3.89. The Balaban J connectivity index is 2.40. The molecule has 0 saturated heterocycles. The molecule has 1 amide bonds. The van der Waals surface area contributed by atoms with Gasteiger partial charge in [-0.15, -0.1) is 0 Å². The van der Waals surface area contributed by atoms with Gasteiger partial charge in [0, 0.05) is 12.7 Å². The van der Waals surface area contributed by atoms with Gasteiger partial charge in [-0.25, -0.2) is 4.39 Å². The van der Waals surface area contributed by atoms with Gasteiger partial charge in [0.25, 0.3) is 5.91 Å². The van der Waals surface area contributed by atoms with Crippen LogP contribution in [0, 0.1) is 5.82 Å². The van der Waals surface area contributed by atoms with Gasteiger partial charge in [0.1, 0.15) is 11.6 Å². The molecule has 2 rings (SSSR count). The lowest BCUT2D eigenvalue weighted by Crippen LogP contribution is -2.27. The quantitative estimate of drug-likeness (QED) is 0.875. The number of benzene rings is 2. The van der Waals surface area contributed by atoms with E-state index in [9.17, 15) is 9.18 Å². The van der Waals surface area contributed by atoms with Gasteiger partial charge in [-0.3, -0.25) is 4.79 Å². The molecule has 0 heterocycles. The summed E-state index contributed by atoms with van der Waals surface area (Å²) in [5.74, 6) is -0.557. The predicted molar refractivity (Wildman–Crippen MR) is 76.5 cm³/mol. The summed E-state index contributed by atoms with van der Waals surface area (Å²) in [7, 11) is 3.07. The van der Waals surface area contributed by atoms with Crippen LogP contribution in [-0.4, -0.2) is 20.1 Å². The fourth-order valence-corrected chi connectivity index (χ4v) is 1.90. The predicted octanol–water partition coefficient (Wildman–Crippen LogP) is 2.69. The molecule has 20 heavy (non-hydrogen) atoms. The molecule has 2 aromatic rings. The van der Waals surface area contributed by atoms with Crippen molar-refractivity contribution in [3.05, 3.63) is 53.8 Å². The zero-order valence-electron chi connectivity index (χ0n) is 11.3. The molecule has 0 aliphatic carbocycles. The molecule has 0 spiro atoms. The van der Waals surface area contributed by atoms with Crippen molar-refractivity contribution in [2.45, 2.75) is 0 Å².